The van der Waals surface area contributed by atoms with Gasteiger partial charge in [0, 0.05) is 28.8 Å². The number of sulfone groups is 1. The predicted octanol–water partition coefficient (Wildman–Crippen LogP) is 3.57. The number of aromatic nitrogens is 3. The van der Waals surface area contributed by atoms with Crippen molar-refractivity contribution in [3.8, 4) is 16.9 Å². The summed E-state index contributed by atoms with van der Waals surface area (Å²) in [5, 5.41) is -0.490. The summed E-state index contributed by atoms with van der Waals surface area (Å²) in [5.74, 6) is -2.78. The quantitative estimate of drug-likeness (QED) is 0.378. The summed E-state index contributed by atoms with van der Waals surface area (Å²) >= 11 is 0. The number of halogens is 2. The molecule has 0 aliphatic heterocycles. The molecule has 0 unspecified atom stereocenters. The fourth-order valence-corrected chi connectivity index (χ4v) is 4.43. The fourth-order valence-electron chi connectivity index (χ4n) is 3.92. The minimum Gasteiger partial charge on any atom is -0.366 e. The van der Waals surface area contributed by atoms with Crippen LogP contribution in [0.2, 0.25) is 0 Å². The van der Waals surface area contributed by atoms with Gasteiger partial charge >= 0.3 is 0 Å². The van der Waals surface area contributed by atoms with Crippen LogP contribution < -0.4 is 11.3 Å². The number of aryl methyl sites for hydroxylation is 1. The number of fused-ring (bicyclic) bond motifs is 1. The van der Waals surface area contributed by atoms with Crippen LogP contribution in [-0.2, 0) is 16.3 Å². The molecule has 2 N–H and O–H groups in total. The van der Waals surface area contributed by atoms with E-state index in [4.69, 9.17) is 5.73 Å². The van der Waals surface area contributed by atoms with Crippen molar-refractivity contribution in [1.82, 2.24) is 14.5 Å². The second-order valence-corrected chi connectivity index (χ2v) is 10.2. The molecule has 36 heavy (non-hydrogen) atoms. The molecular weight excluding hydrogens is 490 g/mol. The van der Waals surface area contributed by atoms with Gasteiger partial charge in [-0.2, -0.15) is 4.98 Å². The Morgan fingerprint density at radius 3 is 2.36 bits per heavy atom. The molecular formula is C25H22F2N4O4S. The molecule has 2 heterocycles. The zero-order valence-electron chi connectivity index (χ0n) is 19.5. The largest absolute Gasteiger partial charge is 0.366 e. The third-order valence-electron chi connectivity index (χ3n) is 5.67. The summed E-state index contributed by atoms with van der Waals surface area (Å²) in [6.07, 6.45) is 3.11. The van der Waals surface area contributed by atoms with E-state index >= 15 is 0 Å². The van der Waals surface area contributed by atoms with Crippen molar-refractivity contribution < 1.29 is 22.0 Å². The average Bonchev–Trinajstić information content (AvgIpc) is 2.82. The van der Waals surface area contributed by atoms with Gasteiger partial charge in [0.15, 0.2) is 5.65 Å². The molecule has 4 rings (SSSR count). The van der Waals surface area contributed by atoms with Gasteiger partial charge in [-0.05, 0) is 48.7 Å². The van der Waals surface area contributed by atoms with Crippen molar-refractivity contribution >= 4 is 26.8 Å². The molecule has 186 valence electrons. The molecule has 0 aliphatic carbocycles. The first kappa shape index (κ1) is 25.1. The molecule has 2 aromatic carbocycles. The topological polar surface area (TPSA) is 125 Å². The average molecular weight is 513 g/mol. The monoisotopic (exact) mass is 512 g/mol. The first-order valence-corrected chi connectivity index (χ1v) is 12.9. The van der Waals surface area contributed by atoms with Crippen LogP contribution in [0, 0.1) is 11.6 Å². The molecule has 0 atom stereocenters. The van der Waals surface area contributed by atoms with E-state index in [1.54, 1.807) is 12.1 Å². The highest BCUT2D eigenvalue weighted by Crippen LogP contribution is 2.32. The number of carbonyl (C=O) groups is 1. The predicted molar refractivity (Wildman–Crippen MR) is 131 cm³/mol. The van der Waals surface area contributed by atoms with Gasteiger partial charge in [-0.25, -0.2) is 22.2 Å². The molecule has 0 saturated carbocycles. The van der Waals surface area contributed by atoms with Crippen LogP contribution in [0.25, 0.3) is 28.0 Å². The van der Waals surface area contributed by atoms with E-state index in [-0.39, 0.29) is 22.3 Å². The van der Waals surface area contributed by atoms with Gasteiger partial charge in [-0.15, -0.1) is 0 Å². The van der Waals surface area contributed by atoms with E-state index in [1.165, 1.54) is 12.1 Å². The molecule has 4 aromatic rings. The molecule has 0 radical (unpaired) electrons. The van der Waals surface area contributed by atoms with E-state index in [2.05, 4.69) is 9.97 Å². The van der Waals surface area contributed by atoms with Crippen molar-refractivity contribution in [1.29, 1.82) is 0 Å². The van der Waals surface area contributed by atoms with E-state index in [1.807, 2.05) is 6.92 Å². The Bertz CT molecular complexity index is 1660. The number of pyridine rings is 1. The number of nitrogens with two attached hydrogens (primary N) is 1. The summed E-state index contributed by atoms with van der Waals surface area (Å²) < 4.78 is 55.2. The molecule has 2 aromatic heterocycles. The molecule has 0 spiro atoms. The third kappa shape index (κ3) is 4.61. The maximum absolute atomic E-state index is 14.7. The zero-order chi connectivity index (χ0) is 26.2. The van der Waals surface area contributed by atoms with Gasteiger partial charge in [-0.3, -0.25) is 14.2 Å². The zero-order valence-corrected chi connectivity index (χ0v) is 20.3. The lowest BCUT2D eigenvalue weighted by molar-refractivity contribution is 0.100. The number of primary amides is 1. The summed E-state index contributed by atoms with van der Waals surface area (Å²) in [6, 6.07) is 10.3. The second-order valence-electron chi connectivity index (χ2n) is 8.28. The van der Waals surface area contributed by atoms with Gasteiger partial charge in [0.25, 0.3) is 5.56 Å². The summed E-state index contributed by atoms with van der Waals surface area (Å²) in [7, 11) is -4.03. The second kappa shape index (κ2) is 9.57. The van der Waals surface area contributed by atoms with E-state index in [0.717, 1.165) is 48.9 Å². The van der Waals surface area contributed by atoms with E-state index < -0.39 is 43.8 Å². The maximum atomic E-state index is 14.7. The lowest BCUT2D eigenvalue weighted by Gasteiger charge is -2.16. The van der Waals surface area contributed by atoms with Gasteiger partial charge in [0.05, 0.1) is 5.69 Å². The normalized spacial score (nSPS) is 11.7. The first-order chi connectivity index (χ1) is 17.0. The van der Waals surface area contributed by atoms with E-state index in [9.17, 15) is 26.8 Å². The molecule has 0 saturated heterocycles. The summed E-state index contributed by atoms with van der Waals surface area (Å²) in [4.78, 5) is 33.1. The Balaban J connectivity index is 2.20. The number of nitrogens with zero attached hydrogens (tertiary/aromatic N) is 3. The number of amides is 1. The fraction of sp³-hybridized carbons (Fsp3) is 0.200. The van der Waals surface area contributed by atoms with Crippen molar-refractivity contribution in [2.45, 2.75) is 31.3 Å². The molecule has 0 bridgehead atoms. The number of para-hydroxylation sites is 1. The Morgan fingerprint density at radius 2 is 1.75 bits per heavy atom. The Labute approximate surface area is 205 Å². The number of carbonyl (C=O) groups excluding carboxylic acids is 1. The number of benzene rings is 2. The van der Waals surface area contributed by atoms with Gasteiger partial charge in [-0.1, -0.05) is 25.5 Å². The van der Waals surface area contributed by atoms with Crippen LogP contribution in [0.5, 0.6) is 0 Å². The number of rotatable bonds is 7. The van der Waals surface area contributed by atoms with Crippen molar-refractivity contribution in [2.75, 3.05) is 6.26 Å². The highest BCUT2D eigenvalue weighted by molar-refractivity contribution is 7.90. The standard InChI is InChI=1S/C25H22F2N4O4S/c1-3-4-6-14-9-10-15(23(28)33)13-17(14)21-16-11-12-20(32)31(22-18(26)7-5-8-19(22)27)24(16)30-25(29-21)36(2,34)35/h5,7-13H,3-4,6H2,1-2H3,(H2,28,33). The Hall–Kier alpha value is -3.99. The Kier molecular flexibility index (Phi) is 6.68. The third-order valence-corrected chi connectivity index (χ3v) is 6.52. The highest BCUT2D eigenvalue weighted by Gasteiger charge is 2.23. The number of unbranched alkanes of at least 4 members (excludes halogenated alkanes) is 1. The highest BCUT2D eigenvalue weighted by atomic mass is 32.2. The number of hydrogen-bond donors (Lipinski definition) is 1. The summed E-state index contributed by atoms with van der Waals surface area (Å²) in [6.45, 7) is 2.00. The number of hydrogen-bond acceptors (Lipinski definition) is 6. The summed E-state index contributed by atoms with van der Waals surface area (Å²) in [5.41, 5.74) is 5.04. The lowest BCUT2D eigenvalue weighted by Crippen LogP contribution is -2.22. The van der Waals surface area contributed by atoms with Crippen LogP contribution in [0.3, 0.4) is 0 Å². The maximum Gasteiger partial charge on any atom is 0.256 e. The van der Waals surface area contributed by atoms with Crippen LogP contribution in [0.1, 0.15) is 35.7 Å². The lowest BCUT2D eigenvalue weighted by atomic mass is 9.95. The van der Waals surface area contributed by atoms with Crippen LogP contribution in [-0.4, -0.2) is 35.1 Å². The smallest absolute Gasteiger partial charge is 0.256 e. The van der Waals surface area contributed by atoms with Crippen molar-refractivity contribution in [3.63, 3.8) is 0 Å². The molecule has 0 aliphatic rings. The van der Waals surface area contributed by atoms with Crippen LogP contribution >= 0.6 is 0 Å². The van der Waals surface area contributed by atoms with Crippen molar-refractivity contribution in [3.05, 3.63) is 81.6 Å². The molecule has 0 fully saturated rings. The molecule has 1 amide bonds. The minimum atomic E-state index is -4.03. The van der Waals surface area contributed by atoms with Gasteiger partial charge < -0.3 is 5.73 Å². The van der Waals surface area contributed by atoms with Gasteiger partial charge in [0.2, 0.25) is 20.9 Å². The Morgan fingerprint density at radius 1 is 1.06 bits per heavy atom. The van der Waals surface area contributed by atoms with Crippen LogP contribution in [0.15, 0.2) is 58.5 Å². The van der Waals surface area contributed by atoms with Crippen LogP contribution in [0.4, 0.5) is 8.78 Å². The molecule has 11 heteroatoms. The minimum absolute atomic E-state index is 0.0834. The van der Waals surface area contributed by atoms with Crippen molar-refractivity contribution in [2.24, 2.45) is 5.73 Å². The van der Waals surface area contributed by atoms with Gasteiger partial charge in [0.1, 0.15) is 17.3 Å². The SMILES string of the molecule is CCCCc1ccc(C(N)=O)cc1-c1nc(S(C)(=O)=O)nc2c1ccc(=O)n2-c1c(F)cccc1F. The first-order valence-electron chi connectivity index (χ1n) is 11.0. The van der Waals surface area contributed by atoms with E-state index in [0.29, 0.717) is 16.6 Å². The molecule has 8 nitrogen and oxygen atoms in total.